The third-order valence-corrected chi connectivity index (χ3v) is 6.16. The molecule has 4 aromatic rings. The summed E-state index contributed by atoms with van der Waals surface area (Å²) in [4.78, 5) is 17.1. The Hall–Kier alpha value is -3.03. The summed E-state index contributed by atoms with van der Waals surface area (Å²) in [6.07, 6.45) is 1.11. The van der Waals surface area contributed by atoms with Gasteiger partial charge >= 0.3 is 0 Å². The molecule has 1 N–H and O–H groups in total. The molecule has 0 aliphatic heterocycles. The molecule has 5 nitrogen and oxygen atoms in total. The van der Waals surface area contributed by atoms with E-state index in [-0.39, 0.29) is 10.5 Å². The van der Waals surface area contributed by atoms with Crippen LogP contribution in [0, 0.1) is 0 Å². The van der Waals surface area contributed by atoms with Crippen LogP contribution in [0.2, 0.25) is 0 Å². The molecule has 140 valence electrons. The number of nitrogens with one attached hydrogen (secondary N) is 1. The fourth-order valence-corrected chi connectivity index (χ4v) is 4.23. The summed E-state index contributed by atoms with van der Waals surface area (Å²) in [6, 6.07) is 20.1. The molecule has 0 atom stereocenters. The maximum atomic E-state index is 12.5. The first-order valence-electron chi connectivity index (χ1n) is 8.46. The van der Waals surface area contributed by atoms with Gasteiger partial charge in [-0.05, 0) is 35.0 Å². The number of sulfone groups is 1. The Kier molecular flexibility index (Phi) is 4.70. The van der Waals surface area contributed by atoms with E-state index in [0.29, 0.717) is 5.13 Å². The van der Waals surface area contributed by atoms with Gasteiger partial charge < -0.3 is 0 Å². The number of thiazole rings is 1. The summed E-state index contributed by atoms with van der Waals surface area (Å²) < 4.78 is 23.4. The summed E-state index contributed by atoms with van der Waals surface area (Å²) in [5.74, 6) is -0.398. The number of carbonyl (C=O) groups is 1. The monoisotopic (exact) mass is 408 g/mol. The Morgan fingerprint density at radius 2 is 1.75 bits per heavy atom. The molecule has 4 rings (SSSR count). The van der Waals surface area contributed by atoms with Gasteiger partial charge in [-0.2, -0.15) is 0 Å². The lowest BCUT2D eigenvalue weighted by molar-refractivity contribution is 0.102. The lowest BCUT2D eigenvalue weighted by atomic mass is 10.1. The van der Waals surface area contributed by atoms with Crippen LogP contribution in [-0.4, -0.2) is 25.6 Å². The van der Waals surface area contributed by atoms with E-state index in [1.165, 1.54) is 23.5 Å². The summed E-state index contributed by atoms with van der Waals surface area (Å²) in [5, 5.41) is 7.35. The lowest BCUT2D eigenvalue weighted by Crippen LogP contribution is -2.12. The van der Waals surface area contributed by atoms with Crippen LogP contribution in [0.3, 0.4) is 0 Å². The van der Waals surface area contributed by atoms with E-state index in [0.717, 1.165) is 28.3 Å². The van der Waals surface area contributed by atoms with E-state index in [2.05, 4.69) is 22.4 Å². The SMILES string of the molecule is CS(=O)(=O)c1cccc(C(=O)Nc2nc(-c3ccc4ccccc4c3)cs2)c1. The molecule has 0 fully saturated rings. The van der Waals surface area contributed by atoms with Gasteiger partial charge in [-0.1, -0.05) is 42.5 Å². The van der Waals surface area contributed by atoms with E-state index in [1.54, 1.807) is 12.1 Å². The van der Waals surface area contributed by atoms with Crippen molar-refractivity contribution < 1.29 is 13.2 Å². The highest BCUT2D eigenvalue weighted by atomic mass is 32.2. The zero-order valence-corrected chi connectivity index (χ0v) is 16.5. The average Bonchev–Trinajstić information content (AvgIpc) is 3.15. The molecule has 0 aliphatic carbocycles. The largest absolute Gasteiger partial charge is 0.298 e. The molecule has 0 saturated carbocycles. The number of hydrogen-bond donors (Lipinski definition) is 1. The predicted octanol–water partition coefficient (Wildman–Crippen LogP) is 4.62. The molecule has 1 heterocycles. The molecule has 1 aromatic heterocycles. The van der Waals surface area contributed by atoms with Gasteiger partial charge in [0.15, 0.2) is 15.0 Å². The van der Waals surface area contributed by atoms with E-state index in [1.807, 2.05) is 35.7 Å². The number of nitrogens with zero attached hydrogens (tertiary/aromatic N) is 1. The van der Waals surface area contributed by atoms with Crippen molar-refractivity contribution in [2.45, 2.75) is 4.90 Å². The number of anilines is 1. The van der Waals surface area contributed by atoms with Crippen LogP contribution >= 0.6 is 11.3 Å². The Balaban J connectivity index is 1.57. The van der Waals surface area contributed by atoms with E-state index < -0.39 is 15.7 Å². The molecule has 1 amide bonds. The van der Waals surface area contributed by atoms with Crippen LogP contribution in [0.15, 0.2) is 77.0 Å². The maximum Gasteiger partial charge on any atom is 0.257 e. The summed E-state index contributed by atoms with van der Waals surface area (Å²) in [6.45, 7) is 0. The van der Waals surface area contributed by atoms with E-state index >= 15 is 0 Å². The molecule has 0 radical (unpaired) electrons. The number of amides is 1. The van der Waals surface area contributed by atoms with Crippen LogP contribution in [0.4, 0.5) is 5.13 Å². The van der Waals surface area contributed by atoms with Crippen molar-refractivity contribution in [3.8, 4) is 11.3 Å². The van der Waals surface area contributed by atoms with Crippen molar-refractivity contribution in [3.05, 3.63) is 77.7 Å². The topological polar surface area (TPSA) is 76.1 Å². The second kappa shape index (κ2) is 7.18. The molecule has 0 bridgehead atoms. The number of rotatable bonds is 4. The Morgan fingerprint density at radius 3 is 2.54 bits per heavy atom. The Morgan fingerprint density at radius 1 is 0.964 bits per heavy atom. The van der Waals surface area contributed by atoms with Crippen molar-refractivity contribution in [2.75, 3.05) is 11.6 Å². The number of aromatic nitrogens is 1. The minimum atomic E-state index is -3.37. The van der Waals surface area contributed by atoms with Gasteiger partial charge in [-0.3, -0.25) is 10.1 Å². The average molecular weight is 409 g/mol. The number of benzene rings is 3. The van der Waals surface area contributed by atoms with Gasteiger partial charge in [-0.15, -0.1) is 11.3 Å². The molecule has 0 saturated heterocycles. The van der Waals surface area contributed by atoms with Gasteiger partial charge in [0.25, 0.3) is 5.91 Å². The standard InChI is InChI=1S/C21H16N2O3S2/c1-28(25,26)18-8-4-7-17(12-18)20(24)23-21-22-19(13-27-21)16-10-9-14-5-2-3-6-15(14)11-16/h2-13H,1H3,(H,22,23,24). The second-order valence-corrected chi connectivity index (χ2v) is 9.23. The highest BCUT2D eigenvalue weighted by Crippen LogP contribution is 2.28. The summed E-state index contributed by atoms with van der Waals surface area (Å²) in [7, 11) is -3.37. The molecular weight excluding hydrogens is 392 g/mol. The molecular formula is C21H16N2O3S2. The van der Waals surface area contributed by atoms with Crippen LogP contribution < -0.4 is 5.32 Å². The molecule has 7 heteroatoms. The third kappa shape index (κ3) is 3.81. The minimum Gasteiger partial charge on any atom is -0.298 e. The van der Waals surface area contributed by atoms with Crippen molar-refractivity contribution in [1.82, 2.24) is 4.98 Å². The molecule has 3 aromatic carbocycles. The van der Waals surface area contributed by atoms with Crippen molar-refractivity contribution in [3.63, 3.8) is 0 Å². The third-order valence-electron chi connectivity index (χ3n) is 4.29. The second-order valence-electron chi connectivity index (χ2n) is 6.35. The normalized spacial score (nSPS) is 11.5. The molecule has 0 aliphatic rings. The maximum absolute atomic E-state index is 12.5. The van der Waals surface area contributed by atoms with Crippen LogP contribution in [0.1, 0.15) is 10.4 Å². The van der Waals surface area contributed by atoms with Crippen molar-refractivity contribution in [2.24, 2.45) is 0 Å². The quantitative estimate of drug-likeness (QED) is 0.535. The summed E-state index contributed by atoms with van der Waals surface area (Å²) in [5.41, 5.74) is 2.01. The van der Waals surface area contributed by atoms with E-state index in [4.69, 9.17) is 0 Å². The number of fused-ring (bicyclic) bond motifs is 1. The Bertz CT molecular complexity index is 1290. The lowest BCUT2D eigenvalue weighted by Gasteiger charge is -2.04. The number of hydrogen-bond acceptors (Lipinski definition) is 5. The van der Waals surface area contributed by atoms with Crippen molar-refractivity contribution >= 4 is 43.0 Å². The van der Waals surface area contributed by atoms with E-state index in [9.17, 15) is 13.2 Å². The van der Waals surface area contributed by atoms with Gasteiger partial charge in [0.1, 0.15) is 0 Å². The highest BCUT2D eigenvalue weighted by molar-refractivity contribution is 7.90. The Labute approximate surface area is 166 Å². The fraction of sp³-hybridized carbons (Fsp3) is 0.0476. The molecule has 28 heavy (non-hydrogen) atoms. The van der Waals surface area contributed by atoms with Gasteiger partial charge in [0.2, 0.25) is 0 Å². The highest BCUT2D eigenvalue weighted by Gasteiger charge is 2.13. The first-order valence-corrected chi connectivity index (χ1v) is 11.2. The first kappa shape index (κ1) is 18.3. The van der Waals surface area contributed by atoms with Gasteiger partial charge in [0.05, 0.1) is 10.6 Å². The van der Waals surface area contributed by atoms with Gasteiger partial charge in [0, 0.05) is 22.8 Å². The molecule has 0 spiro atoms. The predicted molar refractivity (Wildman–Crippen MR) is 113 cm³/mol. The molecule has 0 unspecified atom stereocenters. The van der Waals surface area contributed by atoms with Crippen LogP contribution in [-0.2, 0) is 9.84 Å². The number of carbonyl (C=O) groups excluding carboxylic acids is 1. The smallest absolute Gasteiger partial charge is 0.257 e. The van der Waals surface area contributed by atoms with Crippen LogP contribution in [0.5, 0.6) is 0 Å². The van der Waals surface area contributed by atoms with Crippen LogP contribution in [0.25, 0.3) is 22.0 Å². The first-order chi connectivity index (χ1) is 13.4. The van der Waals surface area contributed by atoms with Gasteiger partial charge in [-0.25, -0.2) is 13.4 Å². The minimum absolute atomic E-state index is 0.108. The zero-order valence-electron chi connectivity index (χ0n) is 14.9. The van der Waals surface area contributed by atoms with Crippen molar-refractivity contribution in [1.29, 1.82) is 0 Å². The summed E-state index contributed by atoms with van der Waals surface area (Å²) >= 11 is 1.32. The zero-order chi connectivity index (χ0) is 19.7. The fourth-order valence-electron chi connectivity index (χ4n) is 2.85.